The van der Waals surface area contributed by atoms with Gasteiger partial charge in [0.2, 0.25) is 0 Å². The molecular formula is C26H30N2O2. The monoisotopic (exact) mass is 402 g/mol. The lowest BCUT2D eigenvalue weighted by molar-refractivity contribution is -0.120. The van der Waals surface area contributed by atoms with Crippen LogP contribution in [-0.2, 0) is 9.59 Å². The van der Waals surface area contributed by atoms with Gasteiger partial charge in [0.25, 0.3) is 11.8 Å². The lowest BCUT2D eigenvalue weighted by Crippen LogP contribution is -2.42. The molecule has 4 rings (SSSR count). The average molecular weight is 403 g/mol. The van der Waals surface area contributed by atoms with Crippen LogP contribution in [0.1, 0.15) is 42.5 Å². The summed E-state index contributed by atoms with van der Waals surface area (Å²) >= 11 is 0. The van der Waals surface area contributed by atoms with E-state index in [-0.39, 0.29) is 11.8 Å². The Labute approximate surface area is 179 Å². The van der Waals surface area contributed by atoms with Gasteiger partial charge in [-0.15, -0.1) is 0 Å². The third-order valence-corrected chi connectivity index (χ3v) is 6.33. The molecule has 4 heteroatoms. The molecule has 2 aromatic rings. The van der Waals surface area contributed by atoms with E-state index in [0.29, 0.717) is 28.8 Å². The molecule has 2 aliphatic heterocycles. The second-order valence-corrected chi connectivity index (χ2v) is 9.15. The molecule has 30 heavy (non-hydrogen) atoms. The molecule has 2 aromatic carbocycles. The Morgan fingerprint density at radius 1 is 0.800 bits per heavy atom. The maximum Gasteiger partial charge on any atom is 0.282 e. The fraction of sp³-hybridized carbons (Fsp3) is 0.385. The van der Waals surface area contributed by atoms with Crippen molar-refractivity contribution in [1.29, 1.82) is 0 Å². The van der Waals surface area contributed by atoms with Crippen molar-refractivity contribution in [1.82, 2.24) is 4.90 Å². The maximum atomic E-state index is 13.7. The molecule has 2 atom stereocenters. The highest BCUT2D eigenvalue weighted by Crippen LogP contribution is 2.37. The number of hydrogen-bond acceptors (Lipinski definition) is 3. The van der Waals surface area contributed by atoms with Crippen molar-refractivity contribution >= 4 is 23.1 Å². The molecule has 1 saturated heterocycles. The summed E-state index contributed by atoms with van der Waals surface area (Å²) in [5, 5.41) is 0. The molecule has 2 aliphatic rings. The van der Waals surface area contributed by atoms with E-state index in [1.807, 2.05) is 63.2 Å². The van der Waals surface area contributed by atoms with Gasteiger partial charge in [0, 0.05) is 13.1 Å². The van der Waals surface area contributed by atoms with Crippen molar-refractivity contribution in [3.63, 3.8) is 0 Å². The van der Waals surface area contributed by atoms with Gasteiger partial charge in [-0.3, -0.25) is 9.59 Å². The summed E-state index contributed by atoms with van der Waals surface area (Å²) < 4.78 is 0. The normalized spacial score (nSPS) is 22.3. The highest BCUT2D eigenvalue weighted by atomic mass is 16.2. The Balaban J connectivity index is 1.84. The number of likely N-dealkylation sites (tertiary alicyclic amines) is 1. The van der Waals surface area contributed by atoms with Gasteiger partial charge >= 0.3 is 0 Å². The lowest BCUT2D eigenvalue weighted by atomic mass is 9.91. The minimum atomic E-state index is -0.229. The summed E-state index contributed by atoms with van der Waals surface area (Å²) in [6.07, 6.45) is 1.15. The van der Waals surface area contributed by atoms with Crippen LogP contribution in [0.4, 0.5) is 5.69 Å². The Morgan fingerprint density at radius 3 is 2.03 bits per heavy atom. The van der Waals surface area contributed by atoms with Crippen molar-refractivity contribution in [3.05, 3.63) is 70.4 Å². The lowest BCUT2D eigenvalue weighted by Gasteiger charge is -2.37. The largest absolute Gasteiger partial charge is 0.366 e. The Kier molecular flexibility index (Phi) is 5.27. The molecule has 4 nitrogen and oxygen atoms in total. The molecule has 0 aromatic heterocycles. The van der Waals surface area contributed by atoms with Crippen LogP contribution in [0.5, 0.6) is 0 Å². The number of rotatable bonds is 3. The summed E-state index contributed by atoms with van der Waals surface area (Å²) in [7, 11) is 0. The van der Waals surface area contributed by atoms with Crippen molar-refractivity contribution in [3.8, 4) is 0 Å². The first-order valence-corrected chi connectivity index (χ1v) is 10.8. The number of anilines is 1. The maximum absolute atomic E-state index is 13.7. The van der Waals surface area contributed by atoms with E-state index in [4.69, 9.17) is 0 Å². The predicted molar refractivity (Wildman–Crippen MR) is 121 cm³/mol. The molecule has 0 spiro atoms. The van der Waals surface area contributed by atoms with Crippen LogP contribution in [0.2, 0.25) is 0 Å². The van der Waals surface area contributed by atoms with Crippen LogP contribution in [0.25, 0.3) is 5.57 Å². The zero-order valence-corrected chi connectivity index (χ0v) is 18.5. The van der Waals surface area contributed by atoms with E-state index >= 15 is 0 Å². The van der Waals surface area contributed by atoms with Gasteiger partial charge in [0.15, 0.2) is 0 Å². The van der Waals surface area contributed by atoms with Crippen LogP contribution in [0.3, 0.4) is 0 Å². The molecule has 0 radical (unpaired) electrons. The molecule has 0 bridgehead atoms. The first kappa shape index (κ1) is 20.4. The summed E-state index contributed by atoms with van der Waals surface area (Å²) in [5.41, 5.74) is 5.88. The highest BCUT2D eigenvalue weighted by molar-refractivity contribution is 6.45. The average Bonchev–Trinajstić information content (AvgIpc) is 2.94. The fourth-order valence-electron chi connectivity index (χ4n) is 4.74. The van der Waals surface area contributed by atoms with E-state index in [1.54, 1.807) is 0 Å². The SMILES string of the molecule is Cc1ccc(C2=C(N3CC(C)CC(C)C3)C(=O)N(c3ccc(C)c(C)c3)C2=O)cc1. The molecule has 2 unspecified atom stereocenters. The van der Waals surface area contributed by atoms with Crippen LogP contribution in [-0.4, -0.2) is 29.8 Å². The van der Waals surface area contributed by atoms with Gasteiger partial charge in [-0.1, -0.05) is 49.7 Å². The third kappa shape index (κ3) is 3.55. The first-order valence-electron chi connectivity index (χ1n) is 10.8. The molecule has 0 N–H and O–H groups in total. The number of nitrogens with zero attached hydrogens (tertiary/aromatic N) is 2. The molecule has 0 aliphatic carbocycles. The molecule has 156 valence electrons. The van der Waals surface area contributed by atoms with E-state index in [0.717, 1.165) is 41.8 Å². The second-order valence-electron chi connectivity index (χ2n) is 9.15. The number of imide groups is 1. The zero-order chi connectivity index (χ0) is 21.6. The van der Waals surface area contributed by atoms with Crippen LogP contribution in [0, 0.1) is 32.6 Å². The van der Waals surface area contributed by atoms with Gasteiger partial charge in [0.1, 0.15) is 5.70 Å². The van der Waals surface area contributed by atoms with Crippen molar-refractivity contribution in [2.24, 2.45) is 11.8 Å². The van der Waals surface area contributed by atoms with Crippen LogP contribution in [0.15, 0.2) is 48.2 Å². The summed E-state index contributed by atoms with van der Waals surface area (Å²) in [5.74, 6) is 0.534. The minimum absolute atomic E-state index is 0.208. The van der Waals surface area contributed by atoms with Gasteiger partial charge < -0.3 is 4.90 Å². The number of hydrogen-bond donors (Lipinski definition) is 0. The Bertz CT molecular complexity index is 1030. The number of amides is 2. The summed E-state index contributed by atoms with van der Waals surface area (Å²) in [6.45, 7) is 12.1. The van der Waals surface area contributed by atoms with Crippen molar-refractivity contribution in [2.45, 2.75) is 41.0 Å². The van der Waals surface area contributed by atoms with Crippen LogP contribution >= 0.6 is 0 Å². The van der Waals surface area contributed by atoms with Crippen molar-refractivity contribution < 1.29 is 9.59 Å². The van der Waals surface area contributed by atoms with Gasteiger partial charge in [-0.25, -0.2) is 4.90 Å². The molecule has 2 amide bonds. The topological polar surface area (TPSA) is 40.6 Å². The minimum Gasteiger partial charge on any atom is -0.366 e. The molecule has 2 heterocycles. The quantitative estimate of drug-likeness (QED) is 0.688. The number of piperidine rings is 1. The van der Waals surface area contributed by atoms with E-state index < -0.39 is 0 Å². The predicted octanol–water partition coefficient (Wildman–Crippen LogP) is 4.87. The third-order valence-electron chi connectivity index (χ3n) is 6.33. The number of benzene rings is 2. The first-order chi connectivity index (χ1) is 14.3. The summed E-state index contributed by atoms with van der Waals surface area (Å²) in [6, 6.07) is 13.7. The summed E-state index contributed by atoms with van der Waals surface area (Å²) in [4.78, 5) is 30.8. The van der Waals surface area contributed by atoms with Gasteiger partial charge in [0.05, 0.1) is 11.3 Å². The molecule has 1 fully saturated rings. The van der Waals surface area contributed by atoms with E-state index in [2.05, 4.69) is 18.7 Å². The molecule has 0 saturated carbocycles. The smallest absolute Gasteiger partial charge is 0.282 e. The standard InChI is InChI=1S/C26H30N2O2/c1-16-6-9-21(10-7-16)23-24(27-14-17(2)12-18(3)15-27)26(30)28(25(23)29)22-11-8-19(4)20(5)13-22/h6-11,13,17-18H,12,14-15H2,1-5H3. The number of carbonyl (C=O) groups is 2. The fourth-order valence-corrected chi connectivity index (χ4v) is 4.74. The van der Waals surface area contributed by atoms with Crippen LogP contribution < -0.4 is 4.90 Å². The highest BCUT2D eigenvalue weighted by Gasteiger charge is 2.43. The van der Waals surface area contributed by atoms with E-state index in [9.17, 15) is 9.59 Å². The van der Waals surface area contributed by atoms with Gasteiger partial charge in [-0.2, -0.15) is 0 Å². The Hall–Kier alpha value is -2.88. The Morgan fingerprint density at radius 2 is 1.43 bits per heavy atom. The number of aryl methyl sites for hydroxylation is 3. The molecular weight excluding hydrogens is 372 g/mol. The second kappa shape index (κ2) is 7.75. The van der Waals surface area contributed by atoms with Gasteiger partial charge in [-0.05, 0) is 67.9 Å². The number of carbonyl (C=O) groups excluding carboxylic acids is 2. The zero-order valence-electron chi connectivity index (χ0n) is 18.5. The van der Waals surface area contributed by atoms with Crippen molar-refractivity contribution in [2.75, 3.05) is 18.0 Å². The van der Waals surface area contributed by atoms with E-state index in [1.165, 1.54) is 4.90 Å².